The lowest BCUT2D eigenvalue weighted by atomic mass is 10.1. The Morgan fingerprint density at radius 2 is 2.19 bits per heavy atom. The minimum atomic E-state index is -2.89. The lowest BCUT2D eigenvalue weighted by Crippen LogP contribution is -2.47. The van der Waals surface area contributed by atoms with E-state index in [-0.39, 0.29) is 17.5 Å². The molecule has 1 heterocycles. The number of sulfone groups is 1. The Hall–Kier alpha value is -0.780. The smallest absolute Gasteiger partial charge is 0.154 e. The zero-order valence-corrected chi connectivity index (χ0v) is 14.2. The van der Waals surface area contributed by atoms with E-state index in [0.717, 1.165) is 35.8 Å². The van der Waals surface area contributed by atoms with Gasteiger partial charge in [-0.05, 0) is 37.6 Å². The fourth-order valence-corrected chi connectivity index (χ4v) is 4.44. The molecular formula is C15H23ClN2O2S. The molecule has 1 aromatic rings. The normalized spacial score (nSPS) is 21.5. The van der Waals surface area contributed by atoms with E-state index in [2.05, 4.69) is 17.1 Å². The van der Waals surface area contributed by atoms with Crippen LogP contribution in [0.15, 0.2) is 18.2 Å². The summed E-state index contributed by atoms with van der Waals surface area (Å²) >= 11 is 6.35. The maximum Gasteiger partial charge on any atom is 0.154 e. The molecule has 0 aromatic heterocycles. The van der Waals surface area contributed by atoms with E-state index in [1.807, 2.05) is 25.1 Å². The highest BCUT2D eigenvalue weighted by Crippen LogP contribution is 2.27. The quantitative estimate of drug-likeness (QED) is 0.843. The van der Waals surface area contributed by atoms with Crippen LogP contribution in [0.2, 0.25) is 5.02 Å². The first-order valence-corrected chi connectivity index (χ1v) is 9.59. The number of hydrogen-bond donors (Lipinski definition) is 1. The average molecular weight is 331 g/mol. The van der Waals surface area contributed by atoms with Crippen molar-refractivity contribution in [3.8, 4) is 0 Å². The van der Waals surface area contributed by atoms with Gasteiger partial charge in [-0.1, -0.05) is 24.6 Å². The molecule has 0 spiro atoms. The molecule has 0 radical (unpaired) electrons. The van der Waals surface area contributed by atoms with Crippen LogP contribution in [-0.4, -0.2) is 39.1 Å². The van der Waals surface area contributed by atoms with Gasteiger partial charge in [0.15, 0.2) is 9.84 Å². The molecule has 118 valence electrons. The molecule has 1 fully saturated rings. The van der Waals surface area contributed by atoms with Crippen molar-refractivity contribution in [1.82, 2.24) is 5.32 Å². The first kappa shape index (κ1) is 16.6. The largest absolute Gasteiger partial charge is 0.367 e. The van der Waals surface area contributed by atoms with Crippen LogP contribution in [0, 0.1) is 0 Å². The van der Waals surface area contributed by atoms with Crippen molar-refractivity contribution in [1.29, 1.82) is 0 Å². The first-order valence-electron chi connectivity index (χ1n) is 7.39. The summed E-state index contributed by atoms with van der Waals surface area (Å²) in [4.78, 5) is 2.12. The van der Waals surface area contributed by atoms with Gasteiger partial charge in [0, 0.05) is 29.8 Å². The van der Waals surface area contributed by atoms with Gasteiger partial charge in [-0.3, -0.25) is 0 Å². The second kappa shape index (κ2) is 6.99. The third-order valence-electron chi connectivity index (χ3n) is 3.78. The lowest BCUT2D eigenvalue weighted by molar-refractivity contribution is 0.568. The number of rotatable bonds is 5. The summed E-state index contributed by atoms with van der Waals surface area (Å²) in [5, 5.41) is 4.07. The van der Waals surface area contributed by atoms with Gasteiger partial charge in [-0.2, -0.15) is 0 Å². The Bertz CT molecular complexity index is 589. The topological polar surface area (TPSA) is 49.4 Å². The Balaban J connectivity index is 2.09. The monoisotopic (exact) mass is 330 g/mol. The van der Waals surface area contributed by atoms with E-state index in [1.54, 1.807) is 0 Å². The summed E-state index contributed by atoms with van der Waals surface area (Å²) < 4.78 is 23.3. The molecular weight excluding hydrogens is 308 g/mol. The third-order valence-corrected chi connectivity index (χ3v) is 5.93. The summed E-state index contributed by atoms with van der Waals surface area (Å²) in [5.74, 6) is 0.430. The van der Waals surface area contributed by atoms with Gasteiger partial charge in [0.05, 0.1) is 11.5 Å². The van der Waals surface area contributed by atoms with Crippen LogP contribution >= 0.6 is 11.6 Å². The summed E-state index contributed by atoms with van der Waals surface area (Å²) in [7, 11) is -2.89. The second-order valence-electron chi connectivity index (χ2n) is 5.61. The molecule has 0 bridgehead atoms. The van der Waals surface area contributed by atoms with Crippen LogP contribution in [0.3, 0.4) is 0 Å². The summed E-state index contributed by atoms with van der Waals surface area (Å²) in [6.07, 6.45) is 1.09. The highest BCUT2D eigenvalue weighted by atomic mass is 35.5. The summed E-state index contributed by atoms with van der Waals surface area (Å²) in [5.41, 5.74) is 2.08. The second-order valence-corrected chi connectivity index (χ2v) is 8.25. The molecule has 6 heteroatoms. The molecule has 2 rings (SSSR count). The van der Waals surface area contributed by atoms with Crippen molar-refractivity contribution in [2.75, 3.05) is 29.5 Å². The molecule has 0 saturated carbocycles. The third kappa shape index (κ3) is 4.34. The Morgan fingerprint density at radius 1 is 1.43 bits per heavy atom. The number of nitrogens with zero attached hydrogens (tertiary/aromatic N) is 1. The van der Waals surface area contributed by atoms with Crippen LogP contribution in [0.25, 0.3) is 0 Å². The van der Waals surface area contributed by atoms with Crippen LogP contribution in [0.1, 0.15) is 25.8 Å². The molecule has 0 aliphatic carbocycles. The summed E-state index contributed by atoms with van der Waals surface area (Å²) in [6.45, 7) is 6.34. The maximum atomic E-state index is 11.6. The van der Waals surface area contributed by atoms with Gasteiger partial charge in [0.2, 0.25) is 0 Å². The zero-order valence-electron chi connectivity index (χ0n) is 12.6. The Morgan fingerprint density at radius 3 is 2.81 bits per heavy atom. The highest BCUT2D eigenvalue weighted by molar-refractivity contribution is 7.91. The van der Waals surface area contributed by atoms with Crippen molar-refractivity contribution in [3.05, 3.63) is 28.8 Å². The molecule has 1 aliphatic rings. The number of hydrogen-bond acceptors (Lipinski definition) is 4. The van der Waals surface area contributed by atoms with Gasteiger partial charge < -0.3 is 10.2 Å². The molecule has 1 aromatic carbocycles. The molecule has 1 atom stereocenters. The van der Waals surface area contributed by atoms with E-state index >= 15 is 0 Å². The number of nitrogens with one attached hydrogen (secondary N) is 1. The zero-order chi connectivity index (χ0) is 15.5. The lowest BCUT2D eigenvalue weighted by Gasteiger charge is -2.35. The standard InChI is InChI=1S/C15H23ClN2O2S/c1-3-6-17-10-13-4-5-14(9-15(13)16)18-7-8-21(19,20)11-12(18)2/h4-5,9,12,17H,3,6-8,10-11H2,1-2H3. The van der Waals surface area contributed by atoms with Gasteiger partial charge in [0.1, 0.15) is 0 Å². The van der Waals surface area contributed by atoms with Gasteiger partial charge in [0.25, 0.3) is 0 Å². The van der Waals surface area contributed by atoms with E-state index in [9.17, 15) is 8.42 Å². The average Bonchev–Trinajstić information content (AvgIpc) is 2.40. The number of anilines is 1. The van der Waals surface area contributed by atoms with E-state index in [1.165, 1.54) is 0 Å². The van der Waals surface area contributed by atoms with Gasteiger partial charge >= 0.3 is 0 Å². The van der Waals surface area contributed by atoms with E-state index < -0.39 is 9.84 Å². The molecule has 0 amide bonds. The van der Waals surface area contributed by atoms with Crippen molar-refractivity contribution < 1.29 is 8.42 Å². The number of benzene rings is 1. The van der Waals surface area contributed by atoms with Crippen LogP contribution in [0.4, 0.5) is 5.69 Å². The summed E-state index contributed by atoms with van der Waals surface area (Å²) in [6, 6.07) is 5.99. The van der Waals surface area contributed by atoms with Gasteiger partial charge in [-0.25, -0.2) is 8.42 Å². The molecule has 1 N–H and O–H groups in total. The Labute approximate surface area is 132 Å². The predicted octanol–water partition coefficient (Wildman–Crippen LogP) is 2.46. The van der Waals surface area contributed by atoms with E-state index in [0.29, 0.717) is 6.54 Å². The fraction of sp³-hybridized carbons (Fsp3) is 0.600. The first-order chi connectivity index (χ1) is 9.93. The molecule has 1 saturated heterocycles. The SMILES string of the molecule is CCCNCc1ccc(N2CCS(=O)(=O)CC2C)cc1Cl. The van der Waals surface area contributed by atoms with Crippen molar-refractivity contribution in [2.45, 2.75) is 32.9 Å². The number of halogens is 1. The predicted molar refractivity (Wildman–Crippen MR) is 88.9 cm³/mol. The molecule has 21 heavy (non-hydrogen) atoms. The van der Waals surface area contributed by atoms with Crippen LogP contribution in [-0.2, 0) is 16.4 Å². The van der Waals surface area contributed by atoms with E-state index in [4.69, 9.17) is 11.6 Å². The molecule has 1 aliphatic heterocycles. The highest BCUT2D eigenvalue weighted by Gasteiger charge is 2.28. The van der Waals surface area contributed by atoms with Crippen LogP contribution in [0.5, 0.6) is 0 Å². The minimum absolute atomic E-state index is 0.0103. The van der Waals surface area contributed by atoms with Crippen molar-refractivity contribution in [2.24, 2.45) is 0 Å². The molecule has 1 unspecified atom stereocenters. The van der Waals surface area contributed by atoms with Crippen molar-refractivity contribution >= 4 is 27.1 Å². The molecule has 4 nitrogen and oxygen atoms in total. The van der Waals surface area contributed by atoms with Crippen LogP contribution < -0.4 is 10.2 Å². The fourth-order valence-electron chi connectivity index (χ4n) is 2.64. The minimum Gasteiger partial charge on any atom is -0.367 e. The van der Waals surface area contributed by atoms with Gasteiger partial charge in [-0.15, -0.1) is 0 Å². The maximum absolute atomic E-state index is 11.6. The Kier molecular flexibility index (Phi) is 5.52. The van der Waals surface area contributed by atoms with Crippen molar-refractivity contribution in [3.63, 3.8) is 0 Å².